The van der Waals surface area contributed by atoms with Crippen LogP contribution in [-0.4, -0.2) is 16.3 Å². The number of hydrogen-bond acceptors (Lipinski definition) is 4. The zero-order valence-corrected chi connectivity index (χ0v) is 13.7. The van der Waals surface area contributed by atoms with Gasteiger partial charge in [0.2, 0.25) is 0 Å². The fourth-order valence-corrected chi connectivity index (χ4v) is 2.10. The Labute approximate surface area is 143 Å². The van der Waals surface area contributed by atoms with Crippen molar-refractivity contribution in [1.82, 2.24) is 5.43 Å². The monoisotopic (exact) mass is 348 g/mol. The molecule has 2 aromatic rings. The Morgan fingerprint density at radius 3 is 2.78 bits per heavy atom. The van der Waals surface area contributed by atoms with E-state index in [1.54, 1.807) is 0 Å². The molecule has 0 fully saturated rings. The first-order chi connectivity index (χ1) is 11.0. The Bertz CT molecular complexity index is 780. The molecule has 0 atom stereocenters. The van der Waals surface area contributed by atoms with Crippen LogP contribution in [0.15, 0.2) is 47.6 Å². The van der Waals surface area contributed by atoms with Gasteiger partial charge in [0.15, 0.2) is 5.11 Å². The number of nitrogens with one attached hydrogen (secondary N) is 2. The van der Waals surface area contributed by atoms with Crippen molar-refractivity contribution >= 4 is 46.5 Å². The lowest BCUT2D eigenvalue weighted by Gasteiger charge is -2.09. The van der Waals surface area contributed by atoms with Gasteiger partial charge in [-0.05, 0) is 36.8 Å². The summed E-state index contributed by atoms with van der Waals surface area (Å²) < 4.78 is 0. The van der Waals surface area contributed by atoms with E-state index in [9.17, 15) is 10.1 Å². The van der Waals surface area contributed by atoms with Crippen molar-refractivity contribution in [3.63, 3.8) is 0 Å². The Hall–Kier alpha value is -2.51. The average molecular weight is 349 g/mol. The van der Waals surface area contributed by atoms with E-state index >= 15 is 0 Å². The smallest absolute Gasteiger partial charge is 0.270 e. The maximum atomic E-state index is 10.8. The lowest BCUT2D eigenvalue weighted by Crippen LogP contribution is -2.24. The normalized spacial score (nSPS) is 10.5. The Kier molecular flexibility index (Phi) is 5.61. The van der Waals surface area contributed by atoms with Gasteiger partial charge in [0.05, 0.1) is 11.1 Å². The molecule has 0 saturated heterocycles. The number of thiocarbonyl (C=S) groups is 1. The lowest BCUT2D eigenvalue weighted by molar-refractivity contribution is -0.384. The molecule has 2 aromatic carbocycles. The zero-order valence-electron chi connectivity index (χ0n) is 12.1. The van der Waals surface area contributed by atoms with E-state index in [1.165, 1.54) is 24.4 Å². The number of halogens is 1. The molecule has 0 aromatic heterocycles. The Balaban J connectivity index is 2.01. The minimum Gasteiger partial charge on any atom is -0.331 e. The molecule has 0 aliphatic carbocycles. The van der Waals surface area contributed by atoms with Crippen LogP contribution in [0.2, 0.25) is 5.02 Å². The highest BCUT2D eigenvalue weighted by atomic mass is 35.5. The van der Waals surface area contributed by atoms with Gasteiger partial charge in [-0.2, -0.15) is 5.10 Å². The maximum absolute atomic E-state index is 10.8. The van der Waals surface area contributed by atoms with Gasteiger partial charge in [-0.15, -0.1) is 0 Å². The van der Waals surface area contributed by atoms with Crippen molar-refractivity contribution in [2.45, 2.75) is 6.92 Å². The average Bonchev–Trinajstić information content (AvgIpc) is 2.51. The first kappa shape index (κ1) is 16.9. The van der Waals surface area contributed by atoms with Crippen molar-refractivity contribution in [3.05, 3.63) is 68.7 Å². The fourth-order valence-electron chi connectivity index (χ4n) is 1.77. The summed E-state index contributed by atoms with van der Waals surface area (Å²) in [6.07, 6.45) is 1.38. The molecule has 23 heavy (non-hydrogen) atoms. The van der Waals surface area contributed by atoms with Gasteiger partial charge in [0.1, 0.15) is 0 Å². The first-order valence-electron chi connectivity index (χ1n) is 6.57. The second-order valence-electron chi connectivity index (χ2n) is 4.60. The molecule has 118 valence electrons. The highest BCUT2D eigenvalue weighted by molar-refractivity contribution is 7.80. The van der Waals surface area contributed by atoms with Crippen molar-refractivity contribution < 1.29 is 4.92 Å². The number of rotatable bonds is 4. The van der Waals surface area contributed by atoms with Gasteiger partial charge in [0, 0.05) is 28.4 Å². The number of non-ortho nitro benzene ring substituents is 1. The highest BCUT2D eigenvalue weighted by Crippen LogP contribution is 2.20. The van der Waals surface area contributed by atoms with Gasteiger partial charge in [-0.25, -0.2) is 0 Å². The van der Waals surface area contributed by atoms with E-state index in [1.807, 2.05) is 31.2 Å². The summed E-state index contributed by atoms with van der Waals surface area (Å²) in [5, 5.41) is 18.4. The fraction of sp³-hybridized carbons (Fsp3) is 0.0667. The second-order valence-corrected chi connectivity index (χ2v) is 5.42. The van der Waals surface area contributed by atoms with Crippen LogP contribution in [0.4, 0.5) is 11.4 Å². The standard InChI is InChI=1S/C15H13ClN4O2S/c1-10-4-2-3-5-14(10)18-15(23)19-17-9-11-8-12(20(21)22)6-7-13(11)16/h2-9H,1H3,(H2,18,19,23)/b17-9-. The van der Waals surface area contributed by atoms with Gasteiger partial charge in [0.25, 0.3) is 5.69 Å². The van der Waals surface area contributed by atoms with Crippen LogP contribution in [0.1, 0.15) is 11.1 Å². The van der Waals surface area contributed by atoms with E-state index < -0.39 is 4.92 Å². The second kappa shape index (κ2) is 7.66. The third-order valence-electron chi connectivity index (χ3n) is 2.95. The molecule has 0 saturated carbocycles. The number of nitro benzene ring substituents is 1. The number of para-hydroxylation sites is 1. The number of aryl methyl sites for hydroxylation is 1. The van der Waals surface area contributed by atoms with Crippen LogP contribution in [0.5, 0.6) is 0 Å². The largest absolute Gasteiger partial charge is 0.331 e. The molecular formula is C15H13ClN4O2S. The summed E-state index contributed by atoms with van der Waals surface area (Å²) >= 11 is 11.1. The number of nitro groups is 1. The van der Waals surface area contributed by atoms with Crippen molar-refractivity contribution in [1.29, 1.82) is 0 Å². The molecule has 0 bridgehead atoms. The number of anilines is 1. The van der Waals surface area contributed by atoms with Crippen LogP contribution >= 0.6 is 23.8 Å². The summed E-state index contributed by atoms with van der Waals surface area (Å²) in [5.41, 5.74) is 4.92. The van der Waals surface area contributed by atoms with Crippen molar-refractivity contribution in [2.24, 2.45) is 5.10 Å². The summed E-state index contributed by atoms with van der Waals surface area (Å²) in [6, 6.07) is 11.8. The van der Waals surface area contributed by atoms with Gasteiger partial charge in [-0.3, -0.25) is 15.5 Å². The van der Waals surface area contributed by atoms with Crippen LogP contribution in [0.3, 0.4) is 0 Å². The molecule has 0 amide bonds. The maximum Gasteiger partial charge on any atom is 0.270 e. The van der Waals surface area contributed by atoms with Gasteiger partial charge < -0.3 is 5.32 Å². The quantitative estimate of drug-likeness (QED) is 0.379. The molecule has 0 unspecified atom stereocenters. The molecule has 0 heterocycles. The molecule has 0 aliphatic heterocycles. The minimum absolute atomic E-state index is 0.0588. The highest BCUT2D eigenvalue weighted by Gasteiger charge is 2.08. The number of hydrogen-bond donors (Lipinski definition) is 2. The number of nitrogens with zero attached hydrogens (tertiary/aromatic N) is 2. The summed E-state index contributed by atoms with van der Waals surface area (Å²) in [7, 11) is 0. The van der Waals surface area contributed by atoms with Crippen LogP contribution in [0, 0.1) is 17.0 Å². The Morgan fingerprint density at radius 2 is 2.09 bits per heavy atom. The third kappa shape index (κ3) is 4.73. The minimum atomic E-state index is -0.495. The van der Waals surface area contributed by atoms with E-state index in [0.29, 0.717) is 15.7 Å². The summed E-state index contributed by atoms with van der Waals surface area (Å²) in [4.78, 5) is 10.3. The number of hydrazone groups is 1. The first-order valence-corrected chi connectivity index (χ1v) is 7.35. The van der Waals surface area contributed by atoms with E-state index in [-0.39, 0.29) is 5.69 Å². The van der Waals surface area contributed by atoms with Crippen molar-refractivity contribution in [2.75, 3.05) is 5.32 Å². The molecule has 2 N–H and O–H groups in total. The molecule has 6 nitrogen and oxygen atoms in total. The van der Waals surface area contributed by atoms with Gasteiger partial charge in [-0.1, -0.05) is 29.8 Å². The predicted molar refractivity (Wildman–Crippen MR) is 96.2 cm³/mol. The van der Waals surface area contributed by atoms with E-state index in [0.717, 1.165) is 11.3 Å². The number of benzene rings is 2. The lowest BCUT2D eigenvalue weighted by atomic mass is 10.2. The van der Waals surface area contributed by atoms with Crippen LogP contribution in [0.25, 0.3) is 0 Å². The predicted octanol–water partition coefficient (Wildman–Crippen LogP) is 3.88. The molecule has 0 spiro atoms. The molecule has 2 rings (SSSR count). The third-order valence-corrected chi connectivity index (χ3v) is 3.49. The molecule has 8 heteroatoms. The van der Waals surface area contributed by atoms with E-state index in [2.05, 4.69) is 15.8 Å². The Morgan fingerprint density at radius 1 is 1.35 bits per heavy atom. The van der Waals surface area contributed by atoms with Crippen LogP contribution < -0.4 is 10.7 Å². The summed E-state index contributed by atoms with van der Waals surface area (Å²) in [6.45, 7) is 1.96. The van der Waals surface area contributed by atoms with Crippen molar-refractivity contribution in [3.8, 4) is 0 Å². The SMILES string of the molecule is Cc1ccccc1NC(=S)N/N=C\c1cc([N+](=O)[O-])ccc1Cl. The van der Waals surface area contributed by atoms with E-state index in [4.69, 9.17) is 23.8 Å². The molecule has 0 aliphatic rings. The molecule has 0 radical (unpaired) electrons. The zero-order chi connectivity index (χ0) is 16.8. The topological polar surface area (TPSA) is 79.6 Å². The molecular weight excluding hydrogens is 336 g/mol. The van der Waals surface area contributed by atoms with Crippen LogP contribution in [-0.2, 0) is 0 Å². The summed E-state index contributed by atoms with van der Waals surface area (Å²) in [5.74, 6) is 0. The van der Waals surface area contributed by atoms with Gasteiger partial charge >= 0.3 is 0 Å².